The Balaban J connectivity index is 1.95. The van der Waals surface area contributed by atoms with E-state index >= 15 is 0 Å². The van der Waals surface area contributed by atoms with E-state index in [0.29, 0.717) is 6.61 Å². The lowest BCUT2D eigenvalue weighted by Gasteiger charge is -2.36. The largest absolute Gasteiger partial charge is 0.396 e. The second kappa shape index (κ2) is 6.05. The molecule has 1 fully saturated rings. The number of hydrogen-bond acceptors (Lipinski definition) is 2. The number of halogens is 1. The Morgan fingerprint density at radius 3 is 2.65 bits per heavy atom. The van der Waals surface area contributed by atoms with Gasteiger partial charge in [0.25, 0.3) is 0 Å². The summed E-state index contributed by atoms with van der Waals surface area (Å²) in [7, 11) is 0. The first-order chi connectivity index (χ1) is 8.24. The van der Waals surface area contributed by atoms with Gasteiger partial charge >= 0.3 is 0 Å². The number of aliphatic hydroxyl groups is 1. The van der Waals surface area contributed by atoms with Crippen molar-refractivity contribution in [1.82, 2.24) is 0 Å². The van der Waals surface area contributed by atoms with Crippen LogP contribution in [0.15, 0.2) is 24.3 Å². The van der Waals surface area contributed by atoms with E-state index in [1.54, 1.807) is 0 Å². The molecular formula is C14H20INO. The smallest absolute Gasteiger partial charge is 0.0504 e. The molecular weight excluding hydrogens is 325 g/mol. The number of hydrogen-bond donors (Lipinski definition) is 2. The molecule has 3 heteroatoms. The average molecular weight is 345 g/mol. The normalized spacial score (nSPS) is 18.9. The van der Waals surface area contributed by atoms with Crippen LogP contribution in [-0.4, -0.2) is 18.3 Å². The highest BCUT2D eigenvalue weighted by Gasteiger charge is 2.30. The first-order valence-corrected chi connectivity index (χ1v) is 7.42. The van der Waals surface area contributed by atoms with Gasteiger partial charge in [-0.25, -0.2) is 0 Å². The standard InChI is InChI=1S/C14H20INO/c15-12-5-4-6-13(9-12)16-10-14(11-17)7-2-1-3-8-14/h4-6,9,16-17H,1-3,7-8,10-11H2. The summed E-state index contributed by atoms with van der Waals surface area (Å²) in [5.41, 5.74) is 1.27. The van der Waals surface area contributed by atoms with Crippen molar-refractivity contribution < 1.29 is 5.11 Å². The lowest BCUT2D eigenvalue weighted by molar-refractivity contribution is 0.0944. The maximum Gasteiger partial charge on any atom is 0.0504 e. The maximum absolute atomic E-state index is 9.63. The van der Waals surface area contributed by atoms with Gasteiger partial charge in [-0.1, -0.05) is 25.3 Å². The summed E-state index contributed by atoms with van der Waals surface area (Å²) in [6, 6.07) is 8.40. The van der Waals surface area contributed by atoms with Crippen LogP contribution in [0.25, 0.3) is 0 Å². The Kier molecular flexibility index (Phi) is 4.68. The van der Waals surface area contributed by atoms with E-state index in [1.165, 1.54) is 22.8 Å². The molecule has 0 aliphatic heterocycles. The minimum Gasteiger partial charge on any atom is -0.396 e. The third-order valence-electron chi connectivity index (χ3n) is 3.74. The fraction of sp³-hybridized carbons (Fsp3) is 0.571. The lowest BCUT2D eigenvalue weighted by atomic mass is 9.74. The van der Waals surface area contributed by atoms with Gasteiger partial charge in [-0.2, -0.15) is 0 Å². The molecule has 0 heterocycles. The summed E-state index contributed by atoms with van der Waals surface area (Å²) < 4.78 is 1.24. The molecule has 0 atom stereocenters. The molecule has 1 aromatic carbocycles. The van der Waals surface area contributed by atoms with Crippen LogP contribution < -0.4 is 5.32 Å². The van der Waals surface area contributed by atoms with Crippen molar-refractivity contribution in [3.8, 4) is 0 Å². The number of nitrogens with one attached hydrogen (secondary N) is 1. The van der Waals surface area contributed by atoms with Crippen molar-refractivity contribution in [3.05, 3.63) is 27.8 Å². The van der Waals surface area contributed by atoms with Gasteiger partial charge < -0.3 is 10.4 Å². The molecule has 2 N–H and O–H groups in total. The highest BCUT2D eigenvalue weighted by atomic mass is 127. The molecule has 1 aliphatic carbocycles. The van der Waals surface area contributed by atoms with Gasteiger partial charge in [-0.05, 0) is 53.6 Å². The molecule has 94 valence electrons. The average Bonchev–Trinajstić information content (AvgIpc) is 2.38. The van der Waals surface area contributed by atoms with Crippen molar-refractivity contribution in [1.29, 1.82) is 0 Å². The summed E-state index contributed by atoms with van der Waals surface area (Å²) in [5, 5.41) is 13.1. The Morgan fingerprint density at radius 1 is 1.24 bits per heavy atom. The van der Waals surface area contributed by atoms with Gasteiger partial charge in [0.05, 0.1) is 6.61 Å². The molecule has 1 aromatic rings. The van der Waals surface area contributed by atoms with Gasteiger partial charge in [0, 0.05) is 21.2 Å². The molecule has 0 aromatic heterocycles. The monoisotopic (exact) mass is 345 g/mol. The zero-order chi connectivity index (χ0) is 12.1. The quantitative estimate of drug-likeness (QED) is 0.817. The summed E-state index contributed by atoms with van der Waals surface area (Å²) in [6.07, 6.45) is 6.15. The van der Waals surface area contributed by atoms with Gasteiger partial charge in [-0.15, -0.1) is 0 Å². The highest BCUT2D eigenvalue weighted by Crippen LogP contribution is 2.36. The molecule has 0 amide bonds. The number of aliphatic hydroxyl groups excluding tert-OH is 1. The van der Waals surface area contributed by atoms with Gasteiger partial charge in [0.15, 0.2) is 0 Å². The van der Waals surface area contributed by atoms with Crippen molar-refractivity contribution in [3.63, 3.8) is 0 Å². The summed E-state index contributed by atoms with van der Waals surface area (Å²) in [5.74, 6) is 0. The van der Waals surface area contributed by atoms with Crippen molar-refractivity contribution in [2.45, 2.75) is 32.1 Å². The van der Waals surface area contributed by atoms with Gasteiger partial charge in [0.1, 0.15) is 0 Å². The Morgan fingerprint density at radius 2 is 2.00 bits per heavy atom. The van der Waals surface area contributed by atoms with Gasteiger partial charge in [-0.3, -0.25) is 0 Å². The van der Waals surface area contributed by atoms with Crippen LogP contribution >= 0.6 is 22.6 Å². The number of anilines is 1. The van der Waals surface area contributed by atoms with Crippen LogP contribution in [0.4, 0.5) is 5.69 Å². The first kappa shape index (κ1) is 13.1. The summed E-state index contributed by atoms with van der Waals surface area (Å²) >= 11 is 2.32. The van der Waals surface area contributed by atoms with Crippen LogP contribution in [-0.2, 0) is 0 Å². The Bertz CT molecular complexity index is 361. The maximum atomic E-state index is 9.63. The summed E-state index contributed by atoms with van der Waals surface area (Å²) in [6.45, 7) is 1.20. The van der Waals surface area contributed by atoms with Crippen LogP contribution in [0, 0.1) is 8.99 Å². The second-order valence-corrected chi connectivity index (χ2v) is 6.33. The van der Waals surface area contributed by atoms with Crippen molar-refractivity contribution in [2.24, 2.45) is 5.41 Å². The van der Waals surface area contributed by atoms with E-state index < -0.39 is 0 Å². The van der Waals surface area contributed by atoms with Crippen LogP contribution in [0.1, 0.15) is 32.1 Å². The predicted octanol–water partition coefficient (Wildman–Crippen LogP) is 3.65. The van der Waals surface area contributed by atoms with Crippen LogP contribution in [0.3, 0.4) is 0 Å². The van der Waals surface area contributed by atoms with E-state index in [-0.39, 0.29) is 5.41 Å². The molecule has 2 rings (SSSR count). The number of rotatable bonds is 4. The fourth-order valence-corrected chi connectivity index (χ4v) is 3.12. The molecule has 17 heavy (non-hydrogen) atoms. The molecule has 2 nitrogen and oxygen atoms in total. The van der Waals surface area contributed by atoms with Crippen LogP contribution in [0.5, 0.6) is 0 Å². The fourth-order valence-electron chi connectivity index (χ4n) is 2.58. The minimum absolute atomic E-state index is 0.111. The molecule has 0 bridgehead atoms. The van der Waals surface area contributed by atoms with Gasteiger partial charge in [0.2, 0.25) is 0 Å². The molecule has 0 saturated heterocycles. The van der Waals surface area contributed by atoms with E-state index in [1.807, 2.05) is 0 Å². The molecule has 0 unspecified atom stereocenters. The molecule has 1 saturated carbocycles. The highest BCUT2D eigenvalue weighted by molar-refractivity contribution is 14.1. The lowest BCUT2D eigenvalue weighted by Crippen LogP contribution is -2.35. The van der Waals surface area contributed by atoms with E-state index in [2.05, 4.69) is 52.2 Å². The zero-order valence-electron chi connectivity index (χ0n) is 10.1. The van der Waals surface area contributed by atoms with Crippen molar-refractivity contribution >= 4 is 28.3 Å². The first-order valence-electron chi connectivity index (χ1n) is 6.34. The minimum atomic E-state index is 0.111. The third kappa shape index (κ3) is 3.58. The third-order valence-corrected chi connectivity index (χ3v) is 4.41. The Labute approximate surface area is 117 Å². The van der Waals surface area contributed by atoms with E-state index in [0.717, 1.165) is 25.1 Å². The van der Waals surface area contributed by atoms with E-state index in [4.69, 9.17) is 0 Å². The zero-order valence-corrected chi connectivity index (χ0v) is 12.2. The number of benzene rings is 1. The second-order valence-electron chi connectivity index (χ2n) is 5.08. The van der Waals surface area contributed by atoms with Crippen molar-refractivity contribution in [2.75, 3.05) is 18.5 Å². The molecule has 0 spiro atoms. The Hall–Kier alpha value is -0.290. The van der Waals surface area contributed by atoms with Crippen LogP contribution in [0.2, 0.25) is 0 Å². The predicted molar refractivity (Wildman–Crippen MR) is 80.3 cm³/mol. The molecule has 1 aliphatic rings. The summed E-state index contributed by atoms with van der Waals surface area (Å²) in [4.78, 5) is 0. The SMILES string of the molecule is OCC1(CNc2cccc(I)c2)CCCCC1. The molecule has 0 radical (unpaired) electrons. The van der Waals surface area contributed by atoms with E-state index in [9.17, 15) is 5.11 Å². The topological polar surface area (TPSA) is 32.3 Å².